The third-order valence-electron chi connectivity index (χ3n) is 9.76. The molecule has 21 heteroatoms. The topological polar surface area (TPSA) is 258 Å². The molecule has 6 N–H and O–H groups in total. The molecule has 4 aromatic heterocycles. The van der Waals surface area contributed by atoms with Gasteiger partial charge in [-0.1, -0.05) is 59.1 Å². The first kappa shape index (κ1) is 50.7. The molecular formula is C48H46ClFN8O9S2. The van der Waals surface area contributed by atoms with E-state index in [4.69, 9.17) is 37.3 Å². The predicted molar refractivity (Wildman–Crippen MR) is 258 cm³/mol. The number of amides is 2. The van der Waals surface area contributed by atoms with E-state index in [0.29, 0.717) is 29.4 Å². The van der Waals surface area contributed by atoms with E-state index in [9.17, 15) is 30.8 Å². The molecular weight excluding hydrogens is 951 g/mol. The van der Waals surface area contributed by atoms with Crippen molar-refractivity contribution in [1.82, 2.24) is 29.4 Å². The van der Waals surface area contributed by atoms with E-state index in [2.05, 4.69) is 19.9 Å². The molecule has 0 radical (unpaired) electrons. The van der Waals surface area contributed by atoms with Gasteiger partial charge in [0.1, 0.15) is 51.0 Å². The number of carbonyl (C=O) groups excluding carboxylic acids is 2. The van der Waals surface area contributed by atoms with Gasteiger partial charge in [-0.25, -0.2) is 33.8 Å². The number of nitrogens with one attached hydrogen (secondary N) is 2. The standard InChI is InChI=1S/C28H27FN4O5S.C20H19ClN4O4S/c1-5-37-21-14-19(13-20(29)15-21)23-10-9-22(27(34)33-39(35,36)25-8-6-7-24(30)32-25)28(31-23)38-26-17(3)11-16(2)12-18(26)4;1-11-9-12(2)18(13(3)10-11)29-20-14(7-8-15(21)23-20)19(26)25-30(27,28)17-6-4-5-16(22)24-17/h6-15H,5H2,1-4H3,(H2,30,32)(H,33,34);4-10H,1-3H3,(H2,22,24)(H,25,26). The Morgan fingerprint density at radius 3 is 1.51 bits per heavy atom. The average Bonchev–Trinajstić information content (AvgIpc) is 3.26. The van der Waals surface area contributed by atoms with Gasteiger partial charge in [0.15, 0.2) is 10.1 Å². The van der Waals surface area contributed by atoms with E-state index < -0.39 is 42.7 Å². The molecule has 0 aliphatic heterocycles. The van der Waals surface area contributed by atoms with Gasteiger partial charge in [-0.05, 0) is 131 Å². The number of benzene rings is 3. The summed E-state index contributed by atoms with van der Waals surface area (Å²) in [6.07, 6.45) is 0. The number of carbonyl (C=O) groups is 2. The van der Waals surface area contributed by atoms with Crippen LogP contribution in [0.3, 0.4) is 0 Å². The Kier molecular flexibility index (Phi) is 15.5. The number of pyridine rings is 4. The van der Waals surface area contributed by atoms with Gasteiger partial charge in [-0.2, -0.15) is 16.8 Å². The molecule has 0 aliphatic rings. The van der Waals surface area contributed by atoms with Gasteiger partial charge in [0.25, 0.3) is 31.9 Å². The first-order chi connectivity index (χ1) is 32.5. The fourth-order valence-electron chi connectivity index (χ4n) is 6.95. The lowest BCUT2D eigenvalue weighted by molar-refractivity contribution is 0.0969. The summed E-state index contributed by atoms with van der Waals surface area (Å²) in [7, 11) is -8.62. The second-order valence-corrected chi connectivity index (χ2v) is 19.1. The quantitative estimate of drug-likeness (QED) is 0.0788. The van der Waals surface area contributed by atoms with Gasteiger partial charge in [0.2, 0.25) is 11.8 Å². The van der Waals surface area contributed by atoms with E-state index in [0.717, 1.165) is 33.4 Å². The fraction of sp³-hybridized carbons (Fsp3) is 0.167. The van der Waals surface area contributed by atoms with E-state index >= 15 is 0 Å². The molecule has 0 aliphatic carbocycles. The van der Waals surface area contributed by atoms with Crippen LogP contribution in [0.25, 0.3) is 11.3 Å². The van der Waals surface area contributed by atoms with Gasteiger partial charge in [0.05, 0.1) is 12.3 Å². The molecule has 4 heterocycles. The molecule has 7 aromatic rings. The molecule has 3 aromatic carbocycles. The highest BCUT2D eigenvalue weighted by Gasteiger charge is 2.27. The minimum absolute atomic E-state index is 0.00725. The highest BCUT2D eigenvalue weighted by atomic mass is 35.5. The highest BCUT2D eigenvalue weighted by Crippen LogP contribution is 2.35. The number of nitrogen functional groups attached to an aromatic ring is 2. The molecule has 0 bridgehead atoms. The maximum Gasteiger partial charge on any atom is 0.281 e. The Morgan fingerprint density at radius 1 is 0.609 bits per heavy atom. The van der Waals surface area contributed by atoms with Crippen LogP contribution in [-0.4, -0.2) is 55.2 Å². The number of aromatic nitrogens is 4. The van der Waals surface area contributed by atoms with Gasteiger partial charge in [0, 0.05) is 11.6 Å². The summed E-state index contributed by atoms with van der Waals surface area (Å²) in [6, 6.07) is 25.4. The Morgan fingerprint density at radius 2 is 1.06 bits per heavy atom. The number of aryl methyl sites for hydroxylation is 6. The van der Waals surface area contributed by atoms with Gasteiger partial charge in [-0.3, -0.25) is 9.59 Å². The highest BCUT2D eigenvalue weighted by molar-refractivity contribution is 7.90. The van der Waals surface area contributed by atoms with Crippen LogP contribution in [-0.2, 0) is 20.0 Å². The average molecular weight is 998 g/mol. The van der Waals surface area contributed by atoms with Crippen molar-refractivity contribution in [2.75, 3.05) is 18.1 Å². The van der Waals surface area contributed by atoms with Crippen molar-refractivity contribution in [3.8, 4) is 40.3 Å². The molecule has 69 heavy (non-hydrogen) atoms. The van der Waals surface area contributed by atoms with Crippen LogP contribution in [0.1, 0.15) is 61.0 Å². The minimum atomic E-state index is -4.36. The number of nitrogens with two attached hydrogens (primary N) is 2. The Labute approximate surface area is 403 Å². The van der Waals surface area contributed by atoms with E-state index in [-0.39, 0.29) is 50.4 Å². The normalized spacial score (nSPS) is 11.2. The lowest BCUT2D eigenvalue weighted by Crippen LogP contribution is -2.31. The summed E-state index contributed by atoms with van der Waals surface area (Å²) in [4.78, 5) is 42.1. The van der Waals surface area contributed by atoms with Crippen molar-refractivity contribution in [2.24, 2.45) is 0 Å². The number of ether oxygens (including phenoxy) is 3. The van der Waals surface area contributed by atoms with Gasteiger partial charge < -0.3 is 25.7 Å². The number of anilines is 2. The zero-order chi connectivity index (χ0) is 50.4. The number of rotatable bonds is 13. The molecule has 0 saturated heterocycles. The second kappa shape index (κ2) is 21.1. The van der Waals surface area contributed by atoms with Crippen molar-refractivity contribution in [2.45, 2.75) is 58.5 Å². The number of hydrogen-bond acceptors (Lipinski definition) is 15. The number of halogens is 2. The van der Waals surface area contributed by atoms with Crippen LogP contribution >= 0.6 is 11.6 Å². The molecule has 0 spiro atoms. The second-order valence-electron chi connectivity index (χ2n) is 15.5. The monoisotopic (exact) mass is 996 g/mol. The van der Waals surface area contributed by atoms with Crippen molar-refractivity contribution >= 4 is 55.1 Å². The van der Waals surface area contributed by atoms with Crippen LogP contribution in [0.2, 0.25) is 5.15 Å². The summed E-state index contributed by atoms with van der Waals surface area (Å²) < 4.78 is 86.4. The number of hydrogen-bond donors (Lipinski definition) is 4. The number of sulfonamides is 2. The van der Waals surface area contributed by atoms with Crippen LogP contribution in [0.15, 0.2) is 113 Å². The molecule has 17 nitrogen and oxygen atoms in total. The summed E-state index contributed by atoms with van der Waals surface area (Å²) >= 11 is 5.97. The molecule has 0 saturated carbocycles. The summed E-state index contributed by atoms with van der Waals surface area (Å²) in [5.74, 6) is -1.51. The summed E-state index contributed by atoms with van der Waals surface area (Å²) in [5.41, 5.74) is 16.8. The molecule has 0 unspecified atom stereocenters. The largest absolute Gasteiger partial charge is 0.494 e. The lowest BCUT2D eigenvalue weighted by Gasteiger charge is -2.16. The minimum Gasteiger partial charge on any atom is -0.494 e. The zero-order valence-electron chi connectivity index (χ0n) is 38.2. The zero-order valence-corrected chi connectivity index (χ0v) is 40.6. The molecule has 0 fully saturated rings. The fourth-order valence-corrected chi connectivity index (χ4v) is 8.97. The van der Waals surface area contributed by atoms with Crippen LogP contribution in [0.4, 0.5) is 16.0 Å². The Bertz CT molecular complexity index is 3310. The lowest BCUT2D eigenvalue weighted by atomic mass is 10.1. The first-order valence-electron chi connectivity index (χ1n) is 20.8. The predicted octanol–water partition coefficient (Wildman–Crippen LogP) is 8.65. The van der Waals surface area contributed by atoms with Crippen molar-refractivity contribution < 1.29 is 45.0 Å². The first-order valence-corrected chi connectivity index (χ1v) is 24.1. The van der Waals surface area contributed by atoms with Crippen molar-refractivity contribution in [3.05, 3.63) is 159 Å². The Hall–Kier alpha value is -7.68. The van der Waals surface area contributed by atoms with E-state index in [1.807, 2.05) is 75.3 Å². The van der Waals surface area contributed by atoms with Crippen molar-refractivity contribution in [1.29, 1.82) is 0 Å². The van der Waals surface area contributed by atoms with Crippen LogP contribution in [0.5, 0.6) is 29.0 Å². The van der Waals surface area contributed by atoms with E-state index in [1.165, 1.54) is 72.8 Å². The molecule has 7 rings (SSSR count). The SMILES string of the molecule is CCOc1cc(F)cc(-c2ccc(C(=O)NS(=O)(=O)c3cccc(N)n3)c(Oc3c(C)cc(C)cc3C)n2)c1.Cc1cc(C)c(Oc2nc(Cl)ccc2C(=O)NS(=O)(=O)c2cccc(N)n2)c(C)c1. The smallest absolute Gasteiger partial charge is 0.281 e. The van der Waals surface area contributed by atoms with Crippen LogP contribution in [0, 0.1) is 47.4 Å². The Balaban J connectivity index is 0.000000235. The van der Waals surface area contributed by atoms with Gasteiger partial charge >= 0.3 is 0 Å². The summed E-state index contributed by atoms with van der Waals surface area (Å²) in [5, 5.41) is -0.717. The third-order valence-corrected chi connectivity index (χ3v) is 12.4. The maximum atomic E-state index is 14.3. The summed E-state index contributed by atoms with van der Waals surface area (Å²) in [6.45, 7) is 13.4. The van der Waals surface area contributed by atoms with Crippen LogP contribution < -0.4 is 35.1 Å². The molecule has 358 valence electrons. The number of nitrogens with zero attached hydrogens (tertiary/aromatic N) is 4. The molecule has 0 atom stereocenters. The maximum absolute atomic E-state index is 14.3. The van der Waals surface area contributed by atoms with Crippen molar-refractivity contribution in [3.63, 3.8) is 0 Å². The van der Waals surface area contributed by atoms with Gasteiger partial charge in [-0.15, -0.1) is 0 Å². The third kappa shape index (κ3) is 12.7. The van der Waals surface area contributed by atoms with E-state index in [1.54, 1.807) is 13.0 Å². The molecule has 2 amide bonds.